The Kier molecular flexibility index (Phi) is 4.73. The second-order valence-electron chi connectivity index (χ2n) is 5.69. The Morgan fingerprint density at radius 1 is 1.04 bits per heavy atom. The van der Waals surface area contributed by atoms with Crippen molar-refractivity contribution in [2.45, 2.75) is 11.8 Å². The van der Waals surface area contributed by atoms with Gasteiger partial charge in [0.05, 0.1) is 28.0 Å². The van der Waals surface area contributed by atoms with Crippen LogP contribution in [0.4, 0.5) is 5.69 Å². The summed E-state index contributed by atoms with van der Waals surface area (Å²) in [5.41, 5.74) is 2.38. The molecule has 6 nitrogen and oxygen atoms in total. The van der Waals surface area contributed by atoms with E-state index in [0.717, 1.165) is 17.3 Å². The quantitative estimate of drug-likeness (QED) is 0.718. The minimum absolute atomic E-state index is 0.0505. The maximum atomic E-state index is 12.5. The van der Waals surface area contributed by atoms with Crippen molar-refractivity contribution in [1.29, 1.82) is 0 Å². The van der Waals surface area contributed by atoms with Crippen LogP contribution in [-0.2, 0) is 10.0 Å². The van der Waals surface area contributed by atoms with Gasteiger partial charge in [0.25, 0.3) is 10.0 Å². The van der Waals surface area contributed by atoms with Gasteiger partial charge in [-0.15, -0.1) is 0 Å². The lowest BCUT2D eigenvalue weighted by Gasteiger charge is -2.10. The van der Waals surface area contributed by atoms with E-state index < -0.39 is 16.0 Å². The second-order valence-corrected chi connectivity index (χ2v) is 7.37. The Morgan fingerprint density at radius 3 is 2.38 bits per heavy atom. The number of carboxylic acids is 1. The summed E-state index contributed by atoms with van der Waals surface area (Å²) in [5, 5.41) is 9.16. The molecule has 0 unspecified atom stereocenters. The molecule has 0 spiro atoms. The van der Waals surface area contributed by atoms with Crippen LogP contribution in [0.3, 0.4) is 0 Å². The second kappa shape index (κ2) is 6.97. The maximum absolute atomic E-state index is 12.5. The van der Waals surface area contributed by atoms with E-state index in [4.69, 9.17) is 5.11 Å². The Labute approximate surface area is 151 Å². The van der Waals surface area contributed by atoms with E-state index >= 15 is 0 Å². The van der Waals surface area contributed by atoms with Gasteiger partial charge < -0.3 is 5.11 Å². The normalized spacial score (nSPS) is 11.1. The van der Waals surface area contributed by atoms with Crippen LogP contribution in [0.15, 0.2) is 71.8 Å². The van der Waals surface area contributed by atoms with E-state index in [1.54, 1.807) is 19.1 Å². The number of benzene rings is 2. The Bertz CT molecular complexity index is 1050. The molecular weight excluding hydrogens is 352 g/mol. The van der Waals surface area contributed by atoms with Gasteiger partial charge in [0.15, 0.2) is 0 Å². The van der Waals surface area contributed by atoms with E-state index in [-0.39, 0.29) is 10.5 Å². The molecule has 0 bridgehead atoms. The number of aromatic carboxylic acids is 1. The summed E-state index contributed by atoms with van der Waals surface area (Å²) in [6.07, 6.45) is 1.42. The summed E-state index contributed by atoms with van der Waals surface area (Å²) >= 11 is 0. The summed E-state index contributed by atoms with van der Waals surface area (Å²) in [6, 6.07) is 16.8. The van der Waals surface area contributed by atoms with Crippen molar-refractivity contribution in [1.82, 2.24) is 4.98 Å². The number of aryl methyl sites for hydroxylation is 1. The van der Waals surface area contributed by atoms with Crippen molar-refractivity contribution >= 4 is 21.7 Å². The number of carbonyl (C=O) groups is 1. The van der Waals surface area contributed by atoms with Crippen molar-refractivity contribution < 1.29 is 18.3 Å². The molecule has 1 aromatic heterocycles. The molecule has 2 N–H and O–H groups in total. The molecule has 3 rings (SSSR count). The molecule has 7 heteroatoms. The van der Waals surface area contributed by atoms with E-state index in [2.05, 4.69) is 9.71 Å². The molecule has 0 saturated heterocycles. The predicted molar refractivity (Wildman–Crippen MR) is 98.6 cm³/mol. The summed E-state index contributed by atoms with van der Waals surface area (Å²) in [6.45, 7) is 1.61. The van der Waals surface area contributed by atoms with Gasteiger partial charge in [0.2, 0.25) is 0 Å². The number of nitrogens with zero attached hydrogens (tertiary/aromatic N) is 1. The van der Waals surface area contributed by atoms with Crippen molar-refractivity contribution in [2.24, 2.45) is 0 Å². The van der Waals surface area contributed by atoms with E-state index in [9.17, 15) is 13.2 Å². The smallest absolute Gasteiger partial charge is 0.335 e. The lowest BCUT2D eigenvalue weighted by Crippen LogP contribution is -2.14. The largest absolute Gasteiger partial charge is 0.478 e. The average Bonchev–Trinajstić information content (AvgIpc) is 2.62. The first-order valence-electron chi connectivity index (χ1n) is 7.75. The summed E-state index contributed by atoms with van der Waals surface area (Å²) in [4.78, 5) is 15.4. The molecule has 0 aliphatic heterocycles. The van der Waals surface area contributed by atoms with Gasteiger partial charge in [0, 0.05) is 5.56 Å². The number of hydrogen-bond acceptors (Lipinski definition) is 4. The van der Waals surface area contributed by atoms with Crippen LogP contribution in [-0.4, -0.2) is 24.5 Å². The molecule has 2 aromatic carbocycles. The highest BCUT2D eigenvalue weighted by molar-refractivity contribution is 7.92. The third-order valence-corrected chi connectivity index (χ3v) is 5.21. The minimum atomic E-state index is -3.92. The van der Waals surface area contributed by atoms with Crippen LogP contribution in [0, 0.1) is 6.92 Å². The number of nitrogens with one attached hydrogen (secondary N) is 1. The number of carboxylic acid groups (broad SMARTS) is 1. The van der Waals surface area contributed by atoms with Crippen molar-refractivity contribution in [3.63, 3.8) is 0 Å². The first kappa shape index (κ1) is 17.6. The first-order valence-corrected chi connectivity index (χ1v) is 9.23. The summed E-state index contributed by atoms with van der Waals surface area (Å²) in [5.74, 6) is -1.17. The Hall–Kier alpha value is -3.19. The number of hydrogen-bond donors (Lipinski definition) is 2. The summed E-state index contributed by atoms with van der Waals surface area (Å²) in [7, 11) is -3.92. The van der Waals surface area contributed by atoms with Crippen molar-refractivity contribution in [2.75, 3.05) is 4.72 Å². The molecule has 3 aromatic rings. The summed E-state index contributed by atoms with van der Waals surface area (Å²) < 4.78 is 27.4. The first-order chi connectivity index (χ1) is 12.4. The average molecular weight is 368 g/mol. The van der Waals surface area contributed by atoms with E-state index in [0.29, 0.717) is 11.3 Å². The zero-order valence-electron chi connectivity index (χ0n) is 13.9. The van der Waals surface area contributed by atoms with Gasteiger partial charge in [-0.1, -0.05) is 36.4 Å². The van der Waals surface area contributed by atoms with Crippen molar-refractivity contribution in [3.8, 4) is 11.3 Å². The third-order valence-electron chi connectivity index (χ3n) is 3.83. The van der Waals surface area contributed by atoms with Crippen molar-refractivity contribution in [3.05, 3.63) is 78.0 Å². The number of rotatable bonds is 5. The highest BCUT2D eigenvalue weighted by atomic mass is 32.2. The zero-order valence-corrected chi connectivity index (χ0v) is 14.7. The highest BCUT2D eigenvalue weighted by Crippen LogP contribution is 2.21. The number of pyridine rings is 1. The maximum Gasteiger partial charge on any atom is 0.335 e. The molecular formula is C19H16N2O4S. The zero-order chi connectivity index (χ0) is 18.7. The molecule has 0 fully saturated rings. The van der Waals surface area contributed by atoms with Crippen LogP contribution in [0.25, 0.3) is 11.3 Å². The fourth-order valence-corrected chi connectivity index (χ4v) is 3.52. The topological polar surface area (TPSA) is 96.4 Å². The van der Waals surface area contributed by atoms with Crippen LogP contribution in [0.2, 0.25) is 0 Å². The van der Waals surface area contributed by atoms with E-state index in [1.807, 2.05) is 30.3 Å². The third kappa shape index (κ3) is 3.73. The SMILES string of the molecule is Cc1ccc(S(=O)(=O)Nc2ccc(-c3ccccc3)nc2)cc1C(=O)O. The highest BCUT2D eigenvalue weighted by Gasteiger charge is 2.18. The Balaban J connectivity index is 1.86. The number of aromatic nitrogens is 1. The molecule has 26 heavy (non-hydrogen) atoms. The van der Waals surface area contributed by atoms with Gasteiger partial charge in [0.1, 0.15) is 0 Å². The van der Waals surface area contributed by atoms with Gasteiger partial charge in [-0.2, -0.15) is 0 Å². The van der Waals surface area contributed by atoms with Gasteiger partial charge in [-0.25, -0.2) is 13.2 Å². The van der Waals surface area contributed by atoms with Crippen LogP contribution in [0.1, 0.15) is 15.9 Å². The van der Waals surface area contributed by atoms with Crippen LogP contribution >= 0.6 is 0 Å². The molecule has 0 aliphatic rings. The molecule has 0 aliphatic carbocycles. The van der Waals surface area contributed by atoms with Gasteiger partial charge in [-0.05, 0) is 36.8 Å². The van der Waals surface area contributed by atoms with Gasteiger partial charge in [-0.3, -0.25) is 9.71 Å². The predicted octanol–water partition coefficient (Wildman–Crippen LogP) is 3.56. The number of anilines is 1. The van der Waals surface area contributed by atoms with Crippen LogP contribution < -0.4 is 4.72 Å². The lowest BCUT2D eigenvalue weighted by atomic mass is 10.1. The fourth-order valence-electron chi connectivity index (χ4n) is 2.45. The Morgan fingerprint density at radius 2 is 1.77 bits per heavy atom. The molecule has 0 saturated carbocycles. The minimum Gasteiger partial charge on any atom is -0.478 e. The molecule has 0 radical (unpaired) electrons. The molecule has 0 amide bonds. The van der Waals surface area contributed by atoms with Crippen LogP contribution in [0.5, 0.6) is 0 Å². The molecule has 132 valence electrons. The fraction of sp³-hybridized carbons (Fsp3) is 0.0526. The monoisotopic (exact) mass is 368 g/mol. The van der Waals surface area contributed by atoms with E-state index in [1.165, 1.54) is 18.3 Å². The van der Waals surface area contributed by atoms with Gasteiger partial charge >= 0.3 is 5.97 Å². The molecule has 1 heterocycles. The standard InChI is InChI=1S/C19H16N2O4S/c1-13-7-9-16(11-17(13)19(22)23)26(24,25)21-15-8-10-18(20-12-15)14-5-3-2-4-6-14/h2-12,21H,1H3,(H,22,23). The lowest BCUT2D eigenvalue weighted by molar-refractivity contribution is 0.0696. The molecule has 0 atom stereocenters. The number of sulfonamides is 1.